The molecule has 3 aromatic rings. The highest BCUT2D eigenvalue weighted by atomic mass is 16.5. The lowest BCUT2D eigenvalue weighted by Gasteiger charge is -2.32. The van der Waals surface area contributed by atoms with Crippen LogP contribution >= 0.6 is 0 Å². The highest BCUT2D eigenvalue weighted by Gasteiger charge is 2.28. The topological polar surface area (TPSA) is 99.4 Å². The normalized spacial score (nSPS) is 16.4. The Bertz CT molecular complexity index is 1180. The molecule has 1 aliphatic rings. The lowest BCUT2D eigenvalue weighted by molar-refractivity contribution is 0.0523. The highest BCUT2D eigenvalue weighted by Crippen LogP contribution is 2.20. The third kappa shape index (κ3) is 4.21. The number of aromatic nitrogens is 4. The van der Waals surface area contributed by atoms with Crippen LogP contribution in [0.15, 0.2) is 35.5 Å². The largest absolute Gasteiger partial charge is 0.480 e. The van der Waals surface area contributed by atoms with Crippen molar-refractivity contribution >= 4 is 16.9 Å². The number of rotatable bonds is 5. The number of likely N-dealkylation sites (tertiary alicyclic amines) is 1. The quantitative estimate of drug-likeness (QED) is 0.620. The second-order valence-electron chi connectivity index (χ2n) is 7.51. The number of fused-ring (bicyclic) bond motifs is 1. The predicted octanol–water partition coefficient (Wildman–Crippen LogP) is 2.21. The standard InChI is InChI=1S/C22H25N5O4/c1-4-26-13-17(20(28)16-8-7-14(2)24-21(16)26)22(29)27-9-5-6-15(12-27)31-19-11-23-10-18(25-19)30-3/h7-8,10-11,13,15H,4-6,9,12H2,1-3H3. The third-order valence-electron chi connectivity index (χ3n) is 5.38. The first-order valence-electron chi connectivity index (χ1n) is 10.3. The van der Waals surface area contributed by atoms with E-state index in [1.807, 2.05) is 18.4 Å². The van der Waals surface area contributed by atoms with E-state index in [4.69, 9.17) is 9.47 Å². The van der Waals surface area contributed by atoms with E-state index in [-0.39, 0.29) is 23.0 Å². The van der Waals surface area contributed by atoms with Gasteiger partial charge in [-0.2, -0.15) is 4.98 Å². The molecular formula is C22H25N5O4. The summed E-state index contributed by atoms with van der Waals surface area (Å²) in [6.07, 6.45) is 5.95. The zero-order valence-corrected chi connectivity index (χ0v) is 17.9. The minimum Gasteiger partial charge on any atom is -0.480 e. The number of nitrogens with zero attached hydrogens (tertiary/aromatic N) is 5. The average Bonchev–Trinajstić information content (AvgIpc) is 2.79. The van der Waals surface area contributed by atoms with Crippen LogP contribution in [0.2, 0.25) is 0 Å². The molecular weight excluding hydrogens is 398 g/mol. The van der Waals surface area contributed by atoms with Crippen LogP contribution in [0, 0.1) is 6.92 Å². The number of carbonyl (C=O) groups is 1. The van der Waals surface area contributed by atoms with Crippen molar-refractivity contribution in [3.8, 4) is 11.8 Å². The van der Waals surface area contributed by atoms with E-state index >= 15 is 0 Å². The zero-order chi connectivity index (χ0) is 22.0. The summed E-state index contributed by atoms with van der Waals surface area (Å²) in [6, 6.07) is 3.53. The molecule has 1 aliphatic heterocycles. The number of carbonyl (C=O) groups excluding carboxylic acids is 1. The molecule has 0 saturated carbocycles. The van der Waals surface area contributed by atoms with E-state index < -0.39 is 0 Å². The van der Waals surface area contributed by atoms with Crippen LogP contribution in [-0.4, -0.2) is 56.6 Å². The van der Waals surface area contributed by atoms with Gasteiger partial charge in [0, 0.05) is 25.0 Å². The molecule has 1 amide bonds. The predicted molar refractivity (Wildman–Crippen MR) is 115 cm³/mol. The maximum atomic E-state index is 13.3. The fraction of sp³-hybridized carbons (Fsp3) is 0.409. The molecule has 4 rings (SSSR count). The SMILES string of the molecule is CCn1cc(C(=O)N2CCCC(Oc3cncc(OC)n3)C2)c(=O)c2ccc(C)nc21. The van der Waals surface area contributed by atoms with Gasteiger partial charge in [-0.3, -0.25) is 14.6 Å². The molecule has 0 radical (unpaired) electrons. The fourth-order valence-corrected chi connectivity index (χ4v) is 3.80. The summed E-state index contributed by atoms with van der Waals surface area (Å²) in [5.74, 6) is 0.417. The van der Waals surface area contributed by atoms with Crippen LogP contribution < -0.4 is 14.9 Å². The number of methoxy groups -OCH3 is 1. The Balaban J connectivity index is 1.59. The fourth-order valence-electron chi connectivity index (χ4n) is 3.80. The van der Waals surface area contributed by atoms with E-state index in [1.54, 1.807) is 23.2 Å². The van der Waals surface area contributed by atoms with Gasteiger partial charge >= 0.3 is 0 Å². The molecule has 0 aliphatic carbocycles. The number of pyridine rings is 2. The minimum atomic E-state index is -0.293. The van der Waals surface area contributed by atoms with Crippen LogP contribution in [0.1, 0.15) is 35.8 Å². The van der Waals surface area contributed by atoms with E-state index in [9.17, 15) is 9.59 Å². The van der Waals surface area contributed by atoms with E-state index in [0.717, 1.165) is 18.5 Å². The van der Waals surface area contributed by atoms with Crippen molar-refractivity contribution < 1.29 is 14.3 Å². The van der Waals surface area contributed by atoms with E-state index in [0.29, 0.717) is 42.4 Å². The van der Waals surface area contributed by atoms with Gasteiger partial charge in [-0.15, -0.1) is 0 Å². The monoisotopic (exact) mass is 423 g/mol. The number of hydrogen-bond donors (Lipinski definition) is 0. The summed E-state index contributed by atoms with van der Waals surface area (Å²) in [6.45, 7) is 5.38. The Labute approximate surface area is 179 Å². The Hall–Kier alpha value is -3.49. The zero-order valence-electron chi connectivity index (χ0n) is 17.9. The van der Waals surface area contributed by atoms with Crippen molar-refractivity contribution in [2.75, 3.05) is 20.2 Å². The maximum absolute atomic E-state index is 13.3. The number of ether oxygens (including phenoxy) is 2. The van der Waals surface area contributed by atoms with Crippen LogP contribution in [0.5, 0.6) is 11.8 Å². The average molecular weight is 423 g/mol. The van der Waals surface area contributed by atoms with Gasteiger partial charge in [0.25, 0.3) is 5.91 Å². The Kier molecular flexibility index (Phi) is 5.83. The van der Waals surface area contributed by atoms with Gasteiger partial charge in [0.2, 0.25) is 17.2 Å². The van der Waals surface area contributed by atoms with Gasteiger partial charge in [-0.1, -0.05) is 0 Å². The lowest BCUT2D eigenvalue weighted by Crippen LogP contribution is -2.45. The molecule has 3 aromatic heterocycles. The molecule has 4 heterocycles. The Morgan fingerprint density at radius 1 is 1.23 bits per heavy atom. The molecule has 31 heavy (non-hydrogen) atoms. The first kappa shape index (κ1) is 20.8. The molecule has 0 bridgehead atoms. The van der Waals surface area contributed by atoms with Crippen molar-refractivity contribution in [2.45, 2.75) is 39.3 Å². The van der Waals surface area contributed by atoms with Crippen LogP contribution in [-0.2, 0) is 6.54 Å². The van der Waals surface area contributed by atoms with Crippen molar-refractivity contribution in [3.05, 3.63) is 52.2 Å². The van der Waals surface area contributed by atoms with Gasteiger partial charge in [-0.05, 0) is 38.8 Å². The molecule has 0 aromatic carbocycles. The summed E-state index contributed by atoms with van der Waals surface area (Å²) in [4.78, 5) is 40.8. The minimum absolute atomic E-state index is 0.154. The van der Waals surface area contributed by atoms with Crippen LogP contribution in [0.4, 0.5) is 0 Å². The summed E-state index contributed by atoms with van der Waals surface area (Å²) >= 11 is 0. The molecule has 162 valence electrons. The van der Waals surface area contributed by atoms with E-state index in [2.05, 4.69) is 15.0 Å². The summed E-state index contributed by atoms with van der Waals surface area (Å²) < 4.78 is 12.9. The molecule has 0 spiro atoms. The van der Waals surface area contributed by atoms with Crippen molar-refractivity contribution in [3.63, 3.8) is 0 Å². The summed E-state index contributed by atoms with van der Waals surface area (Å²) in [7, 11) is 1.51. The third-order valence-corrected chi connectivity index (χ3v) is 5.38. The molecule has 0 N–H and O–H groups in total. The summed E-state index contributed by atoms with van der Waals surface area (Å²) in [5.41, 5.74) is 1.28. The number of aryl methyl sites for hydroxylation is 2. The number of amides is 1. The molecule has 1 fully saturated rings. The van der Waals surface area contributed by atoms with Gasteiger partial charge < -0.3 is 18.9 Å². The van der Waals surface area contributed by atoms with Crippen molar-refractivity contribution in [2.24, 2.45) is 0 Å². The van der Waals surface area contributed by atoms with Gasteiger partial charge in [0.05, 0.1) is 31.4 Å². The van der Waals surface area contributed by atoms with Gasteiger partial charge in [0.15, 0.2) is 0 Å². The summed E-state index contributed by atoms with van der Waals surface area (Å²) in [5, 5.41) is 0.453. The van der Waals surface area contributed by atoms with Crippen LogP contribution in [0.25, 0.3) is 11.0 Å². The maximum Gasteiger partial charge on any atom is 0.259 e. The smallest absolute Gasteiger partial charge is 0.259 e. The second kappa shape index (κ2) is 8.71. The molecule has 1 saturated heterocycles. The second-order valence-corrected chi connectivity index (χ2v) is 7.51. The first-order chi connectivity index (χ1) is 15.0. The van der Waals surface area contributed by atoms with Crippen molar-refractivity contribution in [1.29, 1.82) is 0 Å². The van der Waals surface area contributed by atoms with Crippen LogP contribution in [0.3, 0.4) is 0 Å². The number of piperidine rings is 1. The highest BCUT2D eigenvalue weighted by molar-refractivity contribution is 5.97. The van der Waals surface area contributed by atoms with Gasteiger partial charge in [-0.25, -0.2) is 4.98 Å². The molecule has 1 unspecified atom stereocenters. The van der Waals surface area contributed by atoms with Gasteiger partial charge in [0.1, 0.15) is 17.3 Å². The lowest BCUT2D eigenvalue weighted by atomic mass is 10.1. The van der Waals surface area contributed by atoms with Crippen molar-refractivity contribution in [1.82, 2.24) is 24.4 Å². The Morgan fingerprint density at radius 3 is 2.81 bits per heavy atom. The molecule has 9 nitrogen and oxygen atoms in total. The Morgan fingerprint density at radius 2 is 2.03 bits per heavy atom. The molecule has 9 heteroatoms. The first-order valence-corrected chi connectivity index (χ1v) is 10.3. The number of hydrogen-bond acceptors (Lipinski definition) is 7. The van der Waals surface area contributed by atoms with E-state index in [1.165, 1.54) is 19.5 Å². The molecule has 1 atom stereocenters.